The molecule has 0 radical (unpaired) electrons. The second kappa shape index (κ2) is 8.75. The van der Waals surface area contributed by atoms with Crippen LogP contribution in [-0.4, -0.2) is 19.3 Å². The van der Waals surface area contributed by atoms with Crippen molar-refractivity contribution >= 4 is 32.4 Å². The quantitative estimate of drug-likeness (QED) is 0.449. The van der Waals surface area contributed by atoms with Crippen LogP contribution < -0.4 is 10.0 Å². The number of amides is 1. The average Bonchev–Trinajstić information content (AvgIpc) is 3.48. The van der Waals surface area contributed by atoms with E-state index in [1.54, 1.807) is 5.38 Å². The van der Waals surface area contributed by atoms with Crippen LogP contribution in [0.2, 0.25) is 0 Å². The lowest BCUT2D eigenvalue weighted by Gasteiger charge is -2.21. The molecular formula is C21H17F4N3O3S2. The molecule has 1 heterocycles. The number of sulfonamides is 1. The van der Waals surface area contributed by atoms with E-state index in [0.717, 1.165) is 17.4 Å². The first-order valence-corrected chi connectivity index (χ1v) is 12.1. The summed E-state index contributed by atoms with van der Waals surface area (Å²) in [5.74, 6) is -2.24. The fourth-order valence-corrected chi connectivity index (χ4v) is 5.13. The molecule has 2 N–H and O–H groups in total. The predicted octanol–water partition coefficient (Wildman–Crippen LogP) is 4.98. The number of rotatable bonds is 7. The summed E-state index contributed by atoms with van der Waals surface area (Å²) in [5, 5.41) is 4.40. The Balaban J connectivity index is 1.54. The van der Waals surface area contributed by atoms with Crippen LogP contribution in [0.1, 0.15) is 40.4 Å². The Morgan fingerprint density at radius 2 is 1.82 bits per heavy atom. The molecule has 6 nitrogen and oxygen atoms in total. The van der Waals surface area contributed by atoms with Gasteiger partial charge in [-0.15, -0.1) is 11.3 Å². The van der Waals surface area contributed by atoms with E-state index in [0.29, 0.717) is 18.9 Å². The number of carbonyl (C=O) groups excluding carboxylic acids is 1. The molecule has 1 atom stereocenters. The molecule has 0 saturated heterocycles. The van der Waals surface area contributed by atoms with Crippen LogP contribution in [0.4, 0.5) is 22.7 Å². The lowest BCUT2D eigenvalue weighted by Crippen LogP contribution is -2.31. The highest BCUT2D eigenvalue weighted by atomic mass is 32.2. The van der Waals surface area contributed by atoms with Crippen LogP contribution in [0.15, 0.2) is 58.9 Å². The molecule has 1 saturated carbocycles. The molecule has 2 aromatic carbocycles. The summed E-state index contributed by atoms with van der Waals surface area (Å²) >= 11 is 1.10. The topological polar surface area (TPSA) is 88.2 Å². The Kier molecular flexibility index (Phi) is 6.14. The minimum absolute atomic E-state index is 0.0845. The van der Waals surface area contributed by atoms with Gasteiger partial charge in [0.1, 0.15) is 5.82 Å². The zero-order valence-corrected chi connectivity index (χ0v) is 18.4. The zero-order valence-electron chi connectivity index (χ0n) is 16.8. The maximum Gasteiger partial charge on any atom is 0.419 e. The Labute approximate surface area is 190 Å². The number of benzene rings is 2. The zero-order chi connectivity index (χ0) is 23.8. The molecule has 1 aromatic heterocycles. The third-order valence-corrected chi connectivity index (χ3v) is 7.30. The minimum atomic E-state index is -4.85. The molecule has 1 amide bonds. The fraction of sp³-hybridized carbons (Fsp3) is 0.238. The Bertz CT molecular complexity index is 1260. The number of aromatic nitrogens is 1. The van der Waals surface area contributed by atoms with Crippen LogP contribution >= 0.6 is 11.3 Å². The third kappa shape index (κ3) is 5.17. The first kappa shape index (κ1) is 23.2. The van der Waals surface area contributed by atoms with Gasteiger partial charge in [-0.1, -0.05) is 12.1 Å². The maximum absolute atomic E-state index is 14.7. The Hall–Kier alpha value is -2.99. The lowest BCUT2D eigenvalue weighted by atomic mass is 9.98. The van der Waals surface area contributed by atoms with E-state index >= 15 is 0 Å². The lowest BCUT2D eigenvalue weighted by molar-refractivity contribution is -0.140. The van der Waals surface area contributed by atoms with E-state index in [1.165, 1.54) is 36.5 Å². The van der Waals surface area contributed by atoms with Gasteiger partial charge in [0.25, 0.3) is 15.9 Å². The van der Waals surface area contributed by atoms with Crippen LogP contribution in [-0.2, 0) is 16.2 Å². The van der Waals surface area contributed by atoms with Gasteiger partial charge in [0.15, 0.2) is 5.13 Å². The maximum atomic E-state index is 14.7. The van der Waals surface area contributed by atoms with Gasteiger partial charge in [-0.3, -0.25) is 9.52 Å². The smallest absolute Gasteiger partial charge is 0.345 e. The Morgan fingerprint density at radius 1 is 1.12 bits per heavy atom. The predicted molar refractivity (Wildman–Crippen MR) is 114 cm³/mol. The number of thiazole rings is 1. The molecule has 0 spiro atoms. The summed E-state index contributed by atoms with van der Waals surface area (Å²) in [6.07, 6.45) is -2.13. The van der Waals surface area contributed by atoms with Gasteiger partial charge >= 0.3 is 6.18 Å². The van der Waals surface area contributed by atoms with E-state index in [1.807, 2.05) is 0 Å². The molecule has 33 heavy (non-hydrogen) atoms. The minimum Gasteiger partial charge on any atom is -0.345 e. The largest absolute Gasteiger partial charge is 0.419 e. The van der Waals surface area contributed by atoms with Crippen LogP contribution in [0.25, 0.3) is 0 Å². The highest BCUT2D eigenvalue weighted by Crippen LogP contribution is 2.43. The third-order valence-electron chi connectivity index (χ3n) is 5.13. The Morgan fingerprint density at radius 3 is 2.39 bits per heavy atom. The van der Waals surface area contributed by atoms with E-state index < -0.39 is 39.5 Å². The summed E-state index contributed by atoms with van der Waals surface area (Å²) in [7, 11) is -3.91. The van der Waals surface area contributed by atoms with E-state index in [2.05, 4.69) is 15.0 Å². The summed E-state index contributed by atoms with van der Waals surface area (Å²) in [6.45, 7) is 0. The summed E-state index contributed by atoms with van der Waals surface area (Å²) in [5.41, 5.74) is -1.53. The number of hydrogen-bond acceptors (Lipinski definition) is 5. The molecule has 4 rings (SSSR count). The SMILES string of the molecule is O=C(NC(c1cccc(C(F)(F)F)c1F)C1CC1)c1ccc(S(=O)(=O)Nc2nccs2)cc1. The number of alkyl halides is 3. The van der Waals surface area contributed by atoms with Crippen molar-refractivity contribution in [1.29, 1.82) is 0 Å². The van der Waals surface area contributed by atoms with Crippen LogP contribution in [0.5, 0.6) is 0 Å². The number of hydrogen-bond donors (Lipinski definition) is 2. The molecular weight excluding hydrogens is 482 g/mol. The van der Waals surface area contributed by atoms with Gasteiger partial charge in [-0.05, 0) is 49.1 Å². The van der Waals surface area contributed by atoms with Gasteiger partial charge in [0.05, 0.1) is 16.5 Å². The summed E-state index contributed by atoms with van der Waals surface area (Å²) < 4.78 is 81.1. The normalized spacial score (nSPS) is 15.2. The average molecular weight is 500 g/mol. The number of nitrogens with one attached hydrogen (secondary N) is 2. The second-order valence-corrected chi connectivity index (χ2v) is 10.0. The van der Waals surface area contributed by atoms with Crippen molar-refractivity contribution in [3.63, 3.8) is 0 Å². The molecule has 3 aromatic rings. The molecule has 1 unspecified atom stereocenters. The second-order valence-electron chi connectivity index (χ2n) is 7.46. The van der Waals surface area contributed by atoms with Gasteiger partial charge in [0.2, 0.25) is 0 Å². The van der Waals surface area contributed by atoms with E-state index in [4.69, 9.17) is 0 Å². The van der Waals surface area contributed by atoms with Crippen LogP contribution in [0, 0.1) is 11.7 Å². The number of carbonyl (C=O) groups is 1. The van der Waals surface area contributed by atoms with Gasteiger partial charge < -0.3 is 5.32 Å². The number of anilines is 1. The number of halogens is 4. The molecule has 1 aliphatic carbocycles. The molecule has 174 valence electrons. The van der Waals surface area contributed by atoms with Crippen molar-refractivity contribution in [3.8, 4) is 0 Å². The van der Waals surface area contributed by atoms with Crippen LogP contribution in [0.3, 0.4) is 0 Å². The summed E-state index contributed by atoms with van der Waals surface area (Å²) in [4.78, 5) is 16.5. The molecule has 1 aliphatic rings. The highest BCUT2D eigenvalue weighted by Gasteiger charge is 2.39. The van der Waals surface area contributed by atoms with Crippen molar-refractivity contribution in [3.05, 3.63) is 76.5 Å². The van der Waals surface area contributed by atoms with E-state index in [-0.39, 0.29) is 27.1 Å². The monoisotopic (exact) mass is 499 g/mol. The molecule has 0 aliphatic heterocycles. The van der Waals surface area contributed by atoms with Gasteiger partial charge in [-0.25, -0.2) is 17.8 Å². The fourth-order valence-electron chi connectivity index (χ4n) is 3.35. The van der Waals surface area contributed by atoms with Crippen molar-refractivity contribution in [1.82, 2.24) is 10.3 Å². The number of nitrogens with zero attached hydrogens (tertiary/aromatic N) is 1. The van der Waals surface area contributed by atoms with Crippen molar-refractivity contribution in [2.75, 3.05) is 4.72 Å². The standard InChI is InChI=1S/C21H17F4N3O3S2/c22-17-15(2-1-3-16(17)21(23,24)25)18(12-4-5-12)27-19(29)13-6-8-14(9-7-13)33(30,31)28-20-26-10-11-32-20/h1-3,6-12,18H,4-5H2,(H,26,28)(H,27,29). The highest BCUT2D eigenvalue weighted by molar-refractivity contribution is 7.93. The summed E-state index contributed by atoms with van der Waals surface area (Å²) in [6, 6.07) is 7.06. The van der Waals surface area contributed by atoms with Crippen molar-refractivity contribution in [2.45, 2.75) is 30.0 Å². The first-order chi connectivity index (χ1) is 15.6. The molecule has 1 fully saturated rings. The van der Waals surface area contributed by atoms with Crippen molar-refractivity contribution < 1.29 is 30.8 Å². The van der Waals surface area contributed by atoms with Crippen molar-refractivity contribution in [2.24, 2.45) is 5.92 Å². The van der Waals surface area contributed by atoms with Gasteiger partial charge in [-0.2, -0.15) is 13.2 Å². The first-order valence-electron chi connectivity index (χ1n) is 9.75. The van der Waals surface area contributed by atoms with E-state index in [9.17, 15) is 30.8 Å². The molecule has 12 heteroatoms. The molecule has 0 bridgehead atoms. The van der Waals surface area contributed by atoms with Gasteiger partial charge in [0, 0.05) is 22.7 Å².